The predicted molar refractivity (Wildman–Crippen MR) is 224 cm³/mol. The summed E-state index contributed by atoms with van der Waals surface area (Å²) in [6.45, 7) is 0. The average molecular weight is 700 g/mol. The first kappa shape index (κ1) is 30.7. The number of fused-ring (bicyclic) bond motifs is 12. The normalized spacial score (nSPS) is 11.6. The molecule has 254 valence electrons. The van der Waals surface area contributed by atoms with E-state index in [4.69, 9.17) is 0 Å². The third-order valence-electron chi connectivity index (χ3n) is 11.0. The lowest BCUT2D eigenvalue weighted by Gasteiger charge is -2.15. The molecule has 5 nitrogen and oxygen atoms in total. The van der Waals surface area contributed by atoms with Crippen molar-refractivity contribution >= 4 is 65.4 Å². The smallest absolute Gasteiger partial charge is 0.101 e. The van der Waals surface area contributed by atoms with Gasteiger partial charge in [0, 0.05) is 43.7 Å². The number of rotatable bonds is 4. The summed E-state index contributed by atoms with van der Waals surface area (Å²) in [5.41, 5.74) is 12.4. The van der Waals surface area contributed by atoms with Crippen LogP contribution in [0.5, 0.6) is 0 Å². The van der Waals surface area contributed by atoms with Crippen LogP contribution in [0, 0.1) is 22.7 Å². The molecule has 0 saturated carbocycles. The van der Waals surface area contributed by atoms with Crippen molar-refractivity contribution in [2.75, 3.05) is 0 Å². The molecule has 0 spiro atoms. The van der Waals surface area contributed by atoms with Gasteiger partial charge in [-0.3, -0.25) is 0 Å². The van der Waals surface area contributed by atoms with Crippen molar-refractivity contribution in [2.45, 2.75) is 0 Å². The van der Waals surface area contributed by atoms with Crippen LogP contribution >= 0.6 is 0 Å². The third kappa shape index (κ3) is 4.33. The summed E-state index contributed by atoms with van der Waals surface area (Å²) in [6.07, 6.45) is 0. The summed E-state index contributed by atoms with van der Waals surface area (Å²) in [6, 6.07) is 65.7. The highest BCUT2D eigenvalue weighted by molar-refractivity contribution is 6.40. The van der Waals surface area contributed by atoms with Crippen LogP contribution in [0.4, 0.5) is 0 Å². The quantitative estimate of drug-likeness (QED) is 0.184. The van der Waals surface area contributed by atoms with Crippen LogP contribution in [0.15, 0.2) is 176 Å². The summed E-state index contributed by atoms with van der Waals surface area (Å²) in [5, 5.41) is 27.4. The van der Waals surface area contributed by atoms with Crippen molar-refractivity contribution in [1.82, 2.24) is 13.7 Å². The molecule has 11 aromatic rings. The van der Waals surface area contributed by atoms with E-state index < -0.39 is 0 Å². The molecule has 0 saturated heterocycles. The monoisotopic (exact) mass is 699 g/mol. The van der Waals surface area contributed by atoms with E-state index >= 15 is 0 Å². The molecule has 0 aliphatic heterocycles. The zero-order valence-corrected chi connectivity index (χ0v) is 29.5. The largest absolute Gasteiger partial charge is 0.308 e. The minimum absolute atomic E-state index is 0.547. The van der Waals surface area contributed by atoms with Gasteiger partial charge in [0.15, 0.2) is 0 Å². The minimum atomic E-state index is 0.547. The molecule has 5 heteroatoms. The number of benzene rings is 8. The van der Waals surface area contributed by atoms with E-state index in [1.807, 2.05) is 24.3 Å². The summed E-state index contributed by atoms with van der Waals surface area (Å²) >= 11 is 0. The first-order valence-corrected chi connectivity index (χ1v) is 18.3. The van der Waals surface area contributed by atoms with Crippen LogP contribution < -0.4 is 0 Å². The summed E-state index contributed by atoms with van der Waals surface area (Å²) < 4.78 is 7.16. The first-order chi connectivity index (χ1) is 27.2. The fourth-order valence-corrected chi connectivity index (χ4v) is 8.86. The molecule has 3 aromatic heterocycles. The lowest BCUT2D eigenvalue weighted by atomic mass is 10.00. The van der Waals surface area contributed by atoms with Gasteiger partial charge in [-0.2, -0.15) is 10.5 Å². The second kappa shape index (κ2) is 11.8. The molecule has 0 fully saturated rings. The Morgan fingerprint density at radius 2 is 0.818 bits per heavy atom. The van der Waals surface area contributed by atoms with Crippen LogP contribution in [0.3, 0.4) is 0 Å². The lowest BCUT2D eigenvalue weighted by Crippen LogP contribution is -2.00. The molecule has 0 bridgehead atoms. The fourth-order valence-electron chi connectivity index (χ4n) is 8.86. The Hall–Kier alpha value is -7.86. The van der Waals surface area contributed by atoms with Gasteiger partial charge in [-0.15, -0.1) is 0 Å². The molecule has 0 aliphatic carbocycles. The maximum atomic E-state index is 10.9. The van der Waals surface area contributed by atoms with Crippen molar-refractivity contribution < 1.29 is 0 Å². The molecule has 11 rings (SSSR count). The van der Waals surface area contributed by atoms with Crippen molar-refractivity contribution in [3.8, 4) is 40.3 Å². The van der Waals surface area contributed by atoms with Crippen molar-refractivity contribution in [3.63, 3.8) is 0 Å². The van der Waals surface area contributed by atoms with Crippen molar-refractivity contribution in [3.05, 3.63) is 187 Å². The first-order valence-electron chi connectivity index (χ1n) is 18.3. The number of para-hydroxylation sites is 5. The maximum Gasteiger partial charge on any atom is 0.101 e. The Morgan fingerprint density at radius 1 is 0.364 bits per heavy atom. The van der Waals surface area contributed by atoms with Gasteiger partial charge in [-0.05, 0) is 77.9 Å². The topological polar surface area (TPSA) is 62.4 Å². The van der Waals surface area contributed by atoms with E-state index in [0.29, 0.717) is 11.1 Å². The molecular weight excluding hydrogens is 671 g/mol. The fraction of sp³-hybridized carbons (Fsp3) is 0. The van der Waals surface area contributed by atoms with Gasteiger partial charge in [-0.1, -0.05) is 109 Å². The zero-order chi connectivity index (χ0) is 36.6. The van der Waals surface area contributed by atoms with Crippen LogP contribution in [0.25, 0.3) is 93.6 Å². The molecule has 0 amide bonds. The Bertz CT molecular complexity index is 3370. The molecule has 0 N–H and O–H groups in total. The zero-order valence-electron chi connectivity index (χ0n) is 29.5. The highest BCUT2D eigenvalue weighted by Gasteiger charge is 2.29. The average Bonchev–Trinajstić information content (AvgIpc) is 3.90. The Morgan fingerprint density at radius 3 is 1.33 bits per heavy atom. The van der Waals surface area contributed by atoms with E-state index in [1.54, 1.807) is 6.07 Å². The van der Waals surface area contributed by atoms with Crippen molar-refractivity contribution in [1.29, 1.82) is 10.5 Å². The van der Waals surface area contributed by atoms with E-state index in [2.05, 4.69) is 171 Å². The van der Waals surface area contributed by atoms with E-state index in [9.17, 15) is 10.5 Å². The van der Waals surface area contributed by atoms with E-state index in [0.717, 1.165) is 82.8 Å². The second-order valence-electron chi connectivity index (χ2n) is 13.9. The third-order valence-corrected chi connectivity index (χ3v) is 11.0. The minimum Gasteiger partial charge on any atom is -0.308 e. The van der Waals surface area contributed by atoms with Gasteiger partial charge in [0.2, 0.25) is 0 Å². The van der Waals surface area contributed by atoms with Gasteiger partial charge in [0.25, 0.3) is 0 Å². The molecule has 0 unspecified atom stereocenters. The highest BCUT2D eigenvalue weighted by atomic mass is 15.0. The Kier molecular flexibility index (Phi) is 6.61. The van der Waals surface area contributed by atoms with Gasteiger partial charge in [0.1, 0.15) is 6.07 Å². The van der Waals surface area contributed by atoms with Crippen LogP contribution in [0.2, 0.25) is 0 Å². The summed E-state index contributed by atoms with van der Waals surface area (Å²) in [5.74, 6) is 0. The second-order valence-corrected chi connectivity index (χ2v) is 13.9. The van der Waals surface area contributed by atoms with Crippen LogP contribution in [0.1, 0.15) is 11.1 Å². The summed E-state index contributed by atoms with van der Waals surface area (Å²) in [4.78, 5) is 0. The van der Waals surface area contributed by atoms with Gasteiger partial charge in [0.05, 0.1) is 56.0 Å². The maximum absolute atomic E-state index is 10.9. The Labute approximate surface area is 316 Å². The molecule has 0 atom stereocenters. The molecule has 3 heterocycles. The van der Waals surface area contributed by atoms with Gasteiger partial charge in [-0.25, -0.2) is 0 Å². The van der Waals surface area contributed by atoms with Crippen LogP contribution in [-0.4, -0.2) is 13.7 Å². The molecule has 55 heavy (non-hydrogen) atoms. The molecule has 8 aromatic carbocycles. The number of aromatic nitrogens is 3. The SMILES string of the molecule is N#Cc1cccc(-c2ccc(-n3c4ccccc4c4c5c(c6ccccc6n5-c5ccccc5)c5c(c6ccccc6n5-c5ccccc5)c43)c(C#N)c2)c1. The van der Waals surface area contributed by atoms with E-state index in [-0.39, 0.29) is 0 Å². The number of hydrogen-bond acceptors (Lipinski definition) is 2. The van der Waals surface area contributed by atoms with Crippen LogP contribution in [-0.2, 0) is 0 Å². The highest BCUT2D eigenvalue weighted by Crippen LogP contribution is 2.50. The standard InChI is InChI=1S/C50H29N5/c51-30-32-14-13-15-33(28-32)34-26-27-41(35(29-34)31-52)55-44-25-12-9-22-40(44)47-49-45(38-20-7-10-23-42(38)53(49)36-16-3-1-4-17-36)48-46(50(47)55)39-21-8-11-24-43(39)54(48)37-18-5-2-6-19-37/h1-29H. The number of nitriles is 2. The number of nitrogens with zero attached hydrogens (tertiary/aromatic N) is 5. The molecule has 0 aliphatic rings. The predicted octanol–water partition coefficient (Wildman–Crippen LogP) is 12.4. The summed E-state index contributed by atoms with van der Waals surface area (Å²) in [7, 11) is 0. The van der Waals surface area contributed by atoms with Crippen molar-refractivity contribution in [2.24, 2.45) is 0 Å². The van der Waals surface area contributed by atoms with E-state index in [1.165, 1.54) is 10.8 Å². The number of hydrogen-bond donors (Lipinski definition) is 0. The molecule has 0 radical (unpaired) electrons. The molecular formula is C50H29N5. The van der Waals surface area contributed by atoms with Gasteiger partial charge < -0.3 is 13.7 Å². The Balaban J connectivity index is 1.42. The lowest BCUT2D eigenvalue weighted by molar-refractivity contribution is 1.16. The van der Waals surface area contributed by atoms with Gasteiger partial charge >= 0.3 is 0 Å².